The molecule has 0 aliphatic heterocycles. The molecule has 1 aromatic carbocycles. The summed E-state index contributed by atoms with van der Waals surface area (Å²) in [7, 11) is 0. The second-order valence-corrected chi connectivity index (χ2v) is 9.85. The fraction of sp³-hybridized carbons (Fsp3) is 0.571. The minimum absolute atomic E-state index is 0.0233. The summed E-state index contributed by atoms with van der Waals surface area (Å²) in [6, 6.07) is 7.36. The number of hydrazone groups is 1. The van der Waals surface area contributed by atoms with Gasteiger partial charge in [-0.25, -0.2) is 5.43 Å². The van der Waals surface area contributed by atoms with E-state index in [1.165, 1.54) is 19.3 Å². The van der Waals surface area contributed by atoms with Gasteiger partial charge in [0.05, 0.1) is 12.0 Å². The molecule has 5 nitrogen and oxygen atoms in total. The molecule has 4 bridgehead atoms. The van der Waals surface area contributed by atoms with Gasteiger partial charge in [-0.3, -0.25) is 9.59 Å². The Morgan fingerprint density at radius 1 is 1.11 bits per heavy atom. The van der Waals surface area contributed by atoms with E-state index < -0.39 is 0 Å². The summed E-state index contributed by atoms with van der Waals surface area (Å²) >= 11 is 2.13. The van der Waals surface area contributed by atoms with Crippen LogP contribution in [0.4, 0.5) is 0 Å². The average Bonchev–Trinajstić information content (AvgIpc) is 2.58. The molecule has 0 radical (unpaired) electrons. The van der Waals surface area contributed by atoms with Crippen molar-refractivity contribution in [1.29, 1.82) is 0 Å². The van der Waals surface area contributed by atoms with E-state index in [1.54, 1.807) is 13.0 Å². The van der Waals surface area contributed by atoms with Gasteiger partial charge < -0.3 is 5.32 Å². The quantitative estimate of drug-likeness (QED) is 0.383. The maximum atomic E-state index is 12.6. The number of benzene rings is 1. The van der Waals surface area contributed by atoms with Gasteiger partial charge >= 0.3 is 0 Å². The fourth-order valence-electron chi connectivity index (χ4n) is 5.73. The predicted octanol–water partition coefficient (Wildman–Crippen LogP) is 3.87. The molecule has 0 heterocycles. The maximum absolute atomic E-state index is 12.6. The molecule has 0 aromatic heterocycles. The summed E-state index contributed by atoms with van der Waals surface area (Å²) in [6.07, 6.45) is 7.74. The zero-order valence-corrected chi connectivity index (χ0v) is 17.8. The zero-order valence-electron chi connectivity index (χ0n) is 15.6. The van der Waals surface area contributed by atoms with Gasteiger partial charge in [-0.1, -0.05) is 12.1 Å². The van der Waals surface area contributed by atoms with E-state index in [4.69, 9.17) is 0 Å². The molecule has 4 saturated carbocycles. The molecular formula is C21H26IN3O2. The van der Waals surface area contributed by atoms with E-state index in [0.717, 1.165) is 40.6 Å². The Bertz CT molecular complexity index is 754. The molecule has 0 saturated heterocycles. The molecule has 4 aliphatic rings. The lowest BCUT2D eigenvalue weighted by molar-refractivity contribution is -0.125. The van der Waals surface area contributed by atoms with Gasteiger partial charge in [-0.2, -0.15) is 5.10 Å². The van der Waals surface area contributed by atoms with Gasteiger partial charge in [0.2, 0.25) is 5.91 Å². The number of hydrogen-bond donors (Lipinski definition) is 2. The standard InChI is InChI=1S/C21H26IN3O2/c1-13(24-25-20(27)17-4-2-3-5-18(17)22)6-19(26)23-21-10-14-7-15(11-21)9-16(8-14)12-21/h2-5,14-16H,6-12H2,1H3,(H,23,26)(H,25,27)/b24-13+. The molecule has 0 spiro atoms. The first-order valence-electron chi connectivity index (χ1n) is 9.81. The lowest BCUT2D eigenvalue weighted by Crippen LogP contribution is -2.60. The van der Waals surface area contributed by atoms with Crippen molar-refractivity contribution in [2.24, 2.45) is 22.9 Å². The number of halogens is 1. The first kappa shape index (κ1) is 18.9. The van der Waals surface area contributed by atoms with Crippen molar-refractivity contribution in [2.75, 3.05) is 0 Å². The van der Waals surface area contributed by atoms with Crippen LogP contribution in [-0.2, 0) is 4.79 Å². The number of carbonyl (C=O) groups excluding carboxylic acids is 2. The molecule has 5 rings (SSSR count). The third-order valence-corrected chi connectivity index (χ3v) is 7.27. The largest absolute Gasteiger partial charge is 0.350 e. The first-order chi connectivity index (χ1) is 12.9. The molecule has 1 aromatic rings. The third kappa shape index (κ3) is 4.20. The summed E-state index contributed by atoms with van der Waals surface area (Å²) in [5.41, 5.74) is 3.80. The highest BCUT2D eigenvalue weighted by atomic mass is 127. The van der Waals surface area contributed by atoms with Gasteiger partial charge in [0.1, 0.15) is 0 Å². The lowest BCUT2D eigenvalue weighted by Gasteiger charge is -2.56. The van der Waals surface area contributed by atoms with Crippen LogP contribution in [0.25, 0.3) is 0 Å². The molecule has 0 unspecified atom stereocenters. The third-order valence-electron chi connectivity index (χ3n) is 6.33. The summed E-state index contributed by atoms with van der Waals surface area (Å²) in [4.78, 5) is 24.8. The first-order valence-corrected chi connectivity index (χ1v) is 10.9. The molecule has 4 aliphatic carbocycles. The minimum atomic E-state index is -0.249. The Hall–Kier alpha value is -1.44. The Morgan fingerprint density at radius 3 is 2.30 bits per heavy atom. The smallest absolute Gasteiger partial charge is 0.272 e. The monoisotopic (exact) mass is 479 g/mol. The van der Waals surface area contributed by atoms with Crippen LogP contribution in [0.1, 0.15) is 62.2 Å². The Labute approximate surface area is 173 Å². The molecule has 6 heteroatoms. The minimum Gasteiger partial charge on any atom is -0.350 e. The van der Waals surface area contributed by atoms with Crippen LogP contribution in [0.15, 0.2) is 29.4 Å². The van der Waals surface area contributed by atoms with Gasteiger partial charge in [0.15, 0.2) is 0 Å². The van der Waals surface area contributed by atoms with E-state index in [0.29, 0.717) is 11.3 Å². The van der Waals surface area contributed by atoms with E-state index in [1.807, 2.05) is 18.2 Å². The molecule has 2 N–H and O–H groups in total. The average molecular weight is 479 g/mol. The summed E-state index contributed by atoms with van der Waals surface area (Å²) in [5, 5.41) is 7.48. The Morgan fingerprint density at radius 2 is 1.70 bits per heavy atom. The van der Waals surface area contributed by atoms with Crippen LogP contribution in [0, 0.1) is 21.3 Å². The normalized spacial score (nSPS) is 31.6. The van der Waals surface area contributed by atoms with Crippen LogP contribution in [0.3, 0.4) is 0 Å². The number of nitrogens with one attached hydrogen (secondary N) is 2. The SMILES string of the molecule is C/C(CC(=O)NC12CC3CC(CC(C3)C1)C2)=N\NC(=O)c1ccccc1I. The van der Waals surface area contributed by atoms with Crippen molar-refractivity contribution < 1.29 is 9.59 Å². The molecular weight excluding hydrogens is 453 g/mol. The number of nitrogens with zero attached hydrogens (tertiary/aromatic N) is 1. The molecule has 144 valence electrons. The number of hydrogen-bond acceptors (Lipinski definition) is 3. The van der Waals surface area contributed by atoms with Gasteiger partial charge in [0.25, 0.3) is 5.91 Å². The van der Waals surface area contributed by atoms with Crippen LogP contribution >= 0.6 is 22.6 Å². The van der Waals surface area contributed by atoms with Crippen molar-refractivity contribution in [1.82, 2.24) is 10.7 Å². The number of amides is 2. The zero-order chi connectivity index (χ0) is 19.0. The number of rotatable bonds is 5. The summed E-state index contributed by atoms with van der Waals surface area (Å²) in [5.74, 6) is 2.19. The highest BCUT2D eigenvalue weighted by Gasteiger charge is 2.51. The highest BCUT2D eigenvalue weighted by Crippen LogP contribution is 2.55. The Balaban J connectivity index is 1.32. The fourth-order valence-corrected chi connectivity index (χ4v) is 6.36. The van der Waals surface area contributed by atoms with Crippen molar-refractivity contribution >= 4 is 40.1 Å². The second-order valence-electron chi connectivity index (χ2n) is 8.69. The Kier molecular flexibility index (Phi) is 5.27. The summed E-state index contributed by atoms with van der Waals surface area (Å²) in [6.45, 7) is 1.79. The number of carbonyl (C=O) groups is 2. The lowest BCUT2D eigenvalue weighted by atomic mass is 9.53. The van der Waals surface area contributed by atoms with Gasteiger partial charge in [0, 0.05) is 14.8 Å². The van der Waals surface area contributed by atoms with Crippen LogP contribution in [-0.4, -0.2) is 23.1 Å². The summed E-state index contributed by atoms with van der Waals surface area (Å²) < 4.78 is 0.875. The van der Waals surface area contributed by atoms with Crippen molar-refractivity contribution in [3.63, 3.8) is 0 Å². The van der Waals surface area contributed by atoms with E-state index in [2.05, 4.69) is 38.4 Å². The van der Waals surface area contributed by atoms with E-state index >= 15 is 0 Å². The molecule has 27 heavy (non-hydrogen) atoms. The van der Waals surface area contributed by atoms with Crippen molar-refractivity contribution in [2.45, 2.75) is 57.4 Å². The van der Waals surface area contributed by atoms with Crippen LogP contribution in [0.5, 0.6) is 0 Å². The maximum Gasteiger partial charge on any atom is 0.272 e. The van der Waals surface area contributed by atoms with Crippen molar-refractivity contribution in [3.8, 4) is 0 Å². The van der Waals surface area contributed by atoms with E-state index in [-0.39, 0.29) is 23.8 Å². The van der Waals surface area contributed by atoms with Crippen molar-refractivity contribution in [3.05, 3.63) is 33.4 Å². The predicted molar refractivity (Wildman–Crippen MR) is 113 cm³/mol. The van der Waals surface area contributed by atoms with Gasteiger partial charge in [-0.15, -0.1) is 0 Å². The van der Waals surface area contributed by atoms with Crippen LogP contribution in [0.2, 0.25) is 0 Å². The van der Waals surface area contributed by atoms with E-state index in [9.17, 15) is 9.59 Å². The topological polar surface area (TPSA) is 70.6 Å². The second kappa shape index (κ2) is 7.53. The highest BCUT2D eigenvalue weighted by molar-refractivity contribution is 14.1. The van der Waals surface area contributed by atoms with Gasteiger partial charge in [-0.05, 0) is 97.9 Å². The molecule has 0 atom stereocenters. The van der Waals surface area contributed by atoms with Crippen LogP contribution < -0.4 is 10.7 Å². The molecule has 2 amide bonds. The molecule has 4 fully saturated rings.